The van der Waals surface area contributed by atoms with E-state index >= 15 is 0 Å². The molecule has 0 rings (SSSR count). The number of allylic oxidation sites excluding steroid dienone is 14. The molecule has 2 atom stereocenters. The summed E-state index contributed by atoms with van der Waals surface area (Å²) in [5, 5.41) is 0. The maximum atomic E-state index is 12.6. The summed E-state index contributed by atoms with van der Waals surface area (Å²) in [6.45, 7) is 4.74. The molecule has 0 fully saturated rings. The standard InChI is InChI=1S/C51H90NO7P/c1-3-5-7-9-11-13-15-17-19-21-23-25-26-28-30-32-34-36-38-40-42-44-51(53)59-50(49-58-60(54,55)57-47-45-52)48-56-46-43-41-39-37-35-33-31-29-27-24-22-20-18-16-14-12-10-8-6-4-2/h6,8,12,14-15,17-18,20-21,23-24,26-28,50H,3-5,7,9-11,13,16,19,22,25,29-49,52H2,1-2H3,(H,54,55)/b8-6-,14-12-,17-15-,20-18-,23-21-,27-24-,28-26-. The van der Waals surface area contributed by atoms with E-state index in [1.54, 1.807) is 0 Å². The van der Waals surface area contributed by atoms with Gasteiger partial charge < -0.3 is 20.1 Å². The second-order valence-electron chi connectivity index (χ2n) is 15.6. The van der Waals surface area contributed by atoms with Gasteiger partial charge in [-0.1, -0.05) is 182 Å². The van der Waals surface area contributed by atoms with Crippen LogP contribution in [0, 0.1) is 0 Å². The topological polar surface area (TPSA) is 117 Å². The van der Waals surface area contributed by atoms with Gasteiger partial charge in [-0.15, -0.1) is 0 Å². The van der Waals surface area contributed by atoms with Crippen molar-refractivity contribution < 1.29 is 32.8 Å². The van der Waals surface area contributed by atoms with E-state index in [-0.39, 0.29) is 32.3 Å². The Morgan fingerprint density at radius 1 is 0.517 bits per heavy atom. The van der Waals surface area contributed by atoms with Crippen molar-refractivity contribution in [3.05, 3.63) is 85.1 Å². The van der Waals surface area contributed by atoms with Gasteiger partial charge in [0.1, 0.15) is 6.10 Å². The van der Waals surface area contributed by atoms with Crippen molar-refractivity contribution in [2.75, 3.05) is 33.0 Å². The largest absolute Gasteiger partial charge is 0.472 e. The van der Waals surface area contributed by atoms with Crippen LogP contribution < -0.4 is 5.73 Å². The average Bonchev–Trinajstić information content (AvgIpc) is 3.24. The highest BCUT2D eigenvalue weighted by molar-refractivity contribution is 7.47. The molecule has 346 valence electrons. The molecule has 0 aromatic rings. The van der Waals surface area contributed by atoms with Crippen molar-refractivity contribution in [2.24, 2.45) is 5.73 Å². The third-order valence-electron chi connectivity index (χ3n) is 9.80. The smallest absolute Gasteiger partial charge is 0.457 e. The number of unbranched alkanes of at least 4 members (excludes halogenated alkanes) is 18. The molecule has 0 saturated carbocycles. The molecule has 0 radical (unpaired) electrons. The van der Waals surface area contributed by atoms with E-state index in [1.807, 2.05) is 0 Å². The Morgan fingerprint density at radius 3 is 1.40 bits per heavy atom. The van der Waals surface area contributed by atoms with Gasteiger partial charge in [0, 0.05) is 19.6 Å². The van der Waals surface area contributed by atoms with Crippen molar-refractivity contribution >= 4 is 13.8 Å². The lowest BCUT2D eigenvalue weighted by molar-refractivity contribution is -0.154. The first-order chi connectivity index (χ1) is 29.4. The van der Waals surface area contributed by atoms with Crippen molar-refractivity contribution in [3.63, 3.8) is 0 Å². The van der Waals surface area contributed by atoms with Crippen LogP contribution in [0.4, 0.5) is 0 Å². The van der Waals surface area contributed by atoms with Crippen LogP contribution in [0.5, 0.6) is 0 Å². The summed E-state index contributed by atoms with van der Waals surface area (Å²) < 4.78 is 33.5. The first-order valence-corrected chi connectivity index (χ1v) is 25.6. The van der Waals surface area contributed by atoms with Gasteiger partial charge in [-0.25, -0.2) is 4.57 Å². The van der Waals surface area contributed by atoms with Crippen molar-refractivity contribution in [2.45, 2.75) is 200 Å². The van der Waals surface area contributed by atoms with E-state index in [2.05, 4.69) is 98.9 Å². The highest BCUT2D eigenvalue weighted by atomic mass is 31.2. The molecule has 0 heterocycles. The van der Waals surface area contributed by atoms with E-state index in [9.17, 15) is 14.3 Å². The Balaban J connectivity index is 4.06. The number of carbonyl (C=O) groups is 1. The van der Waals surface area contributed by atoms with Crippen LogP contribution in [0.15, 0.2) is 85.1 Å². The van der Waals surface area contributed by atoms with Crippen LogP contribution in [-0.2, 0) is 27.9 Å². The minimum absolute atomic E-state index is 0.0914. The highest BCUT2D eigenvalue weighted by Gasteiger charge is 2.25. The number of phosphoric acid groups is 1. The molecule has 60 heavy (non-hydrogen) atoms. The van der Waals surface area contributed by atoms with E-state index in [1.165, 1.54) is 77.0 Å². The van der Waals surface area contributed by atoms with Gasteiger partial charge in [0.25, 0.3) is 0 Å². The molecule has 3 N–H and O–H groups in total. The zero-order valence-electron chi connectivity index (χ0n) is 38.4. The molecule has 0 aromatic heterocycles. The summed E-state index contributed by atoms with van der Waals surface area (Å²) in [4.78, 5) is 22.6. The summed E-state index contributed by atoms with van der Waals surface area (Å²) in [6, 6.07) is 0. The molecule has 0 amide bonds. The van der Waals surface area contributed by atoms with Crippen molar-refractivity contribution in [1.82, 2.24) is 0 Å². The van der Waals surface area contributed by atoms with Gasteiger partial charge in [-0.05, 0) is 89.9 Å². The number of rotatable bonds is 45. The fourth-order valence-corrected chi connectivity index (χ4v) is 7.05. The van der Waals surface area contributed by atoms with Gasteiger partial charge in [0.15, 0.2) is 0 Å². The van der Waals surface area contributed by atoms with Crippen LogP contribution in [0.25, 0.3) is 0 Å². The Morgan fingerprint density at radius 2 is 0.933 bits per heavy atom. The lowest BCUT2D eigenvalue weighted by atomic mass is 10.1. The van der Waals surface area contributed by atoms with E-state index in [0.29, 0.717) is 13.0 Å². The highest BCUT2D eigenvalue weighted by Crippen LogP contribution is 2.43. The van der Waals surface area contributed by atoms with Gasteiger partial charge in [-0.2, -0.15) is 0 Å². The molecule has 0 aliphatic heterocycles. The molecule has 8 nitrogen and oxygen atoms in total. The molecule has 0 bridgehead atoms. The second kappa shape index (κ2) is 47.7. The summed E-state index contributed by atoms with van der Waals surface area (Å²) >= 11 is 0. The summed E-state index contributed by atoms with van der Waals surface area (Å²) in [6.07, 6.45) is 61.7. The molecule has 0 spiro atoms. The van der Waals surface area contributed by atoms with E-state index in [4.69, 9.17) is 24.3 Å². The molecular formula is C51H90NO7P. The normalized spacial score (nSPS) is 14.1. The third-order valence-corrected chi connectivity index (χ3v) is 10.8. The fraction of sp³-hybridized carbons (Fsp3) is 0.706. The minimum atomic E-state index is -4.29. The Kier molecular flexibility index (Phi) is 45.9. The zero-order chi connectivity index (χ0) is 43.7. The maximum absolute atomic E-state index is 12.6. The number of phosphoric ester groups is 1. The van der Waals surface area contributed by atoms with E-state index in [0.717, 1.165) is 96.3 Å². The fourth-order valence-electron chi connectivity index (χ4n) is 6.29. The van der Waals surface area contributed by atoms with Gasteiger partial charge in [0.2, 0.25) is 0 Å². The summed E-state index contributed by atoms with van der Waals surface area (Å²) in [7, 11) is -4.29. The third kappa shape index (κ3) is 46.7. The number of carbonyl (C=O) groups excluding carboxylic acids is 1. The SMILES string of the molecule is CC/C=C\C/C=C\C/C=C\C/C=C\CCCCCCCCCOCC(COP(=O)(O)OCCN)OC(=O)CCCCCCCC/C=C\C/C=C\C/C=C\CCCCCCC. The van der Waals surface area contributed by atoms with Gasteiger partial charge >= 0.3 is 13.8 Å². The van der Waals surface area contributed by atoms with Crippen LogP contribution in [-0.4, -0.2) is 49.9 Å². The van der Waals surface area contributed by atoms with Gasteiger partial charge in [-0.3, -0.25) is 13.8 Å². The number of hydrogen-bond donors (Lipinski definition) is 2. The second-order valence-corrected chi connectivity index (χ2v) is 17.0. The number of ether oxygens (including phenoxy) is 2. The predicted octanol–water partition coefficient (Wildman–Crippen LogP) is 14.9. The number of nitrogens with two attached hydrogens (primary N) is 1. The predicted molar refractivity (Wildman–Crippen MR) is 256 cm³/mol. The lowest BCUT2D eigenvalue weighted by Crippen LogP contribution is -2.28. The van der Waals surface area contributed by atoms with Gasteiger partial charge in [0.05, 0.1) is 19.8 Å². The Labute approximate surface area is 368 Å². The molecule has 0 aromatic carbocycles. The molecule has 0 saturated heterocycles. The van der Waals surface area contributed by atoms with Crippen molar-refractivity contribution in [3.8, 4) is 0 Å². The Hall–Kier alpha value is -2.32. The average molecular weight is 860 g/mol. The first-order valence-electron chi connectivity index (χ1n) is 24.1. The van der Waals surface area contributed by atoms with Crippen LogP contribution in [0.2, 0.25) is 0 Å². The lowest BCUT2D eigenvalue weighted by Gasteiger charge is -2.20. The van der Waals surface area contributed by atoms with E-state index < -0.39 is 13.9 Å². The molecular weight excluding hydrogens is 770 g/mol. The molecule has 0 aliphatic rings. The zero-order valence-corrected chi connectivity index (χ0v) is 39.3. The van der Waals surface area contributed by atoms with Crippen LogP contribution in [0.1, 0.15) is 194 Å². The molecule has 9 heteroatoms. The number of hydrogen-bond acceptors (Lipinski definition) is 7. The molecule has 2 unspecified atom stereocenters. The summed E-state index contributed by atoms with van der Waals surface area (Å²) in [5.41, 5.74) is 5.38. The van der Waals surface area contributed by atoms with Crippen LogP contribution in [0.3, 0.4) is 0 Å². The number of esters is 1. The maximum Gasteiger partial charge on any atom is 0.472 e. The summed E-state index contributed by atoms with van der Waals surface area (Å²) in [5.74, 6) is -0.349. The van der Waals surface area contributed by atoms with Crippen LogP contribution >= 0.6 is 7.82 Å². The quantitative estimate of drug-likeness (QED) is 0.0269. The van der Waals surface area contributed by atoms with Crippen molar-refractivity contribution in [1.29, 1.82) is 0 Å². The first kappa shape index (κ1) is 57.7. The Bertz CT molecular complexity index is 1190. The minimum Gasteiger partial charge on any atom is -0.457 e. The monoisotopic (exact) mass is 860 g/mol. The molecule has 0 aliphatic carbocycles.